The van der Waals surface area contributed by atoms with E-state index in [1.165, 1.54) is 12.1 Å². The summed E-state index contributed by atoms with van der Waals surface area (Å²) < 4.78 is 5.18. The Morgan fingerprint density at radius 3 is 2.15 bits per heavy atom. The van der Waals surface area contributed by atoms with Crippen LogP contribution >= 0.6 is 34.8 Å². The molecule has 0 saturated heterocycles. The Morgan fingerprint density at radius 1 is 0.846 bits per heavy atom. The Kier molecular flexibility index (Phi) is 8.91. The lowest BCUT2D eigenvalue weighted by atomic mass is 10.1. The molecular weight excluding hydrogens is 565 g/mol. The summed E-state index contributed by atoms with van der Waals surface area (Å²) >= 11 is 18.4. The minimum Gasteiger partial charge on any atom is -0.462 e. The van der Waals surface area contributed by atoms with Crippen LogP contribution in [0.4, 0.5) is 17.1 Å². The number of halogens is 3. The predicted octanol–water partition coefficient (Wildman–Crippen LogP) is 6.64. The largest absolute Gasteiger partial charge is 0.462 e. The molecule has 0 fully saturated rings. The minimum atomic E-state index is -0.746. The lowest BCUT2D eigenvalue weighted by molar-refractivity contribution is -0.120. The Labute approximate surface area is 239 Å². The number of nitrogens with one attached hydrogen (secondary N) is 2. The molecule has 0 radical (unpaired) electrons. The van der Waals surface area contributed by atoms with Gasteiger partial charge in [-0.2, -0.15) is 0 Å². The average molecular weight is 587 g/mol. The van der Waals surface area contributed by atoms with Crippen LogP contribution < -0.4 is 15.5 Å². The van der Waals surface area contributed by atoms with Gasteiger partial charge in [0.15, 0.2) is 0 Å². The number of amides is 3. The molecule has 8 nitrogen and oxygen atoms in total. The normalized spacial score (nSPS) is 13.1. The topological polar surface area (TPSA) is 105 Å². The SMILES string of the molecule is CCCCOC(=O)c1ccc(NC(=O)c2ccc(NC3=C(Cl)C(=O)N(c4cccc(Cl)c4Cl)C3=O)cc2)cc1. The second-order valence-electron chi connectivity index (χ2n) is 8.43. The molecule has 1 aliphatic heterocycles. The number of benzene rings is 3. The van der Waals surface area contributed by atoms with Crippen molar-refractivity contribution < 1.29 is 23.9 Å². The monoisotopic (exact) mass is 585 g/mol. The molecule has 2 N–H and O–H groups in total. The fourth-order valence-electron chi connectivity index (χ4n) is 3.63. The second-order valence-corrected chi connectivity index (χ2v) is 9.59. The minimum absolute atomic E-state index is 0.0449. The van der Waals surface area contributed by atoms with Crippen LogP contribution in [0.2, 0.25) is 10.0 Å². The molecule has 0 spiro atoms. The third-order valence-corrected chi connectivity index (χ3v) is 6.88. The predicted molar refractivity (Wildman–Crippen MR) is 151 cm³/mol. The van der Waals surface area contributed by atoms with E-state index in [9.17, 15) is 19.2 Å². The first-order valence-corrected chi connectivity index (χ1v) is 13.0. The van der Waals surface area contributed by atoms with E-state index in [-0.39, 0.29) is 32.4 Å². The van der Waals surface area contributed by atoms with Crippen LogP contribution in [0, 0.1) is 0 Å². The van der Waals surface area contributed by atoms with Crippen LogP contribution in [0.15, 0.2) is 77.5 Å². The average Bonchev–Trinajstić information content (AvgIpc) is 3.14. The summed E-state index contributed by atoms with van der Waals surface area (Å²) in [7, 11) is 0. The smallest absolute Gasteiger partial charge is 0.338 e. The van der Waals surface area contributed by atoms with Crippen molar-refractivity contribution in [1.29, 1.82) is 0 Å². The van der Waals surface area contributed by atoms with Gasteiger partial charge in [-0.3, -0.25) is 14.4 Å². The zero-order chi connectivity index (χ0) is 28.1. The summed E-state index contributed by atoms with van der Waals surface area (Å²) in [6.07, 6.45) is 1.72. The van der Waals surface area contributed by atoms with Crippen molar-refractivity contribution in [2.75, 3.05) is 22.1 Å². The van der Waals surface area contributed by atoms with Crippen LogP contribution in [-0.4, -0.2) is 30.3 Å². The number of anilines is 3. The molecule has 39 heavy (non-hydrogen) atoms. The number of hydrogen-bond acceptors (Lipinski definition) is 6. The van der Waals surface area contributed by atoms with Gasteiger partial charge >= 0.3 is 5.97 Å². The van der Waals surface area contributed by atoms with E-state index in [0.717, 1.165) is 17.7 Å². The molecule has 0 unspecified atom stereocenters. The fourth-order valence-corrected chi connectivity index (χ4v) is 4.22. The second kappa shape index (κ2) is 12.3. The van der Waals surface area contributed by atoms with Crippen molar-refractivity contribution in [2.24, 2.45) is 0 Å². The van der Waals surface area contributed by atoms with Crippen molar-refractivity contribution in [3.63, 3.8) is 0 Å². The summed E-state index contributed by atoms with van der Waals surface area (Å²) in [6.45, 7) is 2.37. The van der Waals surface area contributed by atoms with E-state index in [0.29, 0.717) is 29.1 Å². The number of rotatable bonds is 9. The first kappa shape index (κ1) is 28.2. The molecule has 1 heterocycles. The molecule has 4 rings (SSSR count). The molecule has 0 bridgehead atoms. The highest BCUT2D eigenvalue weighted by atomic mass is 35.5. The number of carbonyl (C=O) groups excluding carboxylic acids is 4. The van der Waals surface area contributed by atoms with Gasteiger partial charge in [-0.25, -0.2) is 9.69 Å². The third kappa shape index (κ3) is 6.25. The molecule has 1 aliphatic rings. The maximum absolute atomic E-state index is 13.0. The molecule has 3 aromatic rings. The van der Waals surface area contributed by atoms with E-state index in [4.69, 9.17) is 39.5 Å². The lowest BCUT2D eigenvalue weighted by Crippen LogP contribution is -2.32. The zero-order valence-electron chi connectivity index (χ0n) is 20.6. The van der Waals surface area contributed by atoms with Crippen molar-refractivity contribution in [1.82, 2.24) is 0 Å². The van der Waals surface area contributed by atoms with Gasteiger partial charge in [0.05, 0.1) is 27.9 Å². The van der Waals surface area contributed by atoms with E-state index >= 15 is 0 Å². The molecule has 0 saturated carbocycles. The number of esters is 1. The van der Waals surface area contributed by atoms with Gasteiger partial charge in [-0.15, -0.1) is 0 Å². The van der Waals surface area contributed by atoms with Crippen molar-refractivity contribution in [2.45, 2.75) is 19.8 Å². The maximum atomic E-state index is 13.0. The molecule has 0 aliphatic carbocycles. The summed E-state index contributed by atoms with van der Waals surface area (Å²) in [5.41, 5.74) is 1.63. The van der Waals surface area contributed by atoms with Gasteiger partial charge in [0.25, 0.3) is 17.7 Å². The Hall–Kier alpha value is -3.85. The summed E-state index contributed by atoms with van der Waals surface area (Å²) in [5.74, 6) is -2.25. The Balaban J connectivity index is 1.40. The van der Waals surface area contributed by atoms with Gasteiger partial charge in [0.2, 0.25) is 0 Å². The highest BCUT2D eigenvalue weighted by Gasteiger charge is 2.40. The highest BCUT2D eigenvalue weighted by Crippen LogP contribution is 2.37. The molecule has 3 amide bonds. The van der Waals surface area contributed by atoms with Crippen molar-refractivity contribution >= 4 is 75.6 Å². The fraction of sp³-hybridized carbons (Fsp3) is 0.143. The first-order chi connectivity index (χ1) is 18.7. The third-order valence-electron chi connectivity index (χ3n) is 5.73. The standard InChI is InChI=1S/C28H22Cl3N3O5/c1-2-3-15-39-28(38)17-9-13-19(14-10-17)33-25(35)16-7-11-18(12-8-16)32-24-23(31)26(36)34(27(24)37)21-6-4-5-20(29)22(21)30/h4-14,32H,2-3,15H2,1H3,(H,33,35). The van der Waals surface area contributed by atoms with E-state index in [2.05, 4.69) is 10.6 Å². The number of nitrogens with zero attached hydrogens (tertiary/aromatic N) is 1. The van der Waals surface area contributed by atoms with Crippen LogP contribution in [-0.2, 0) is 14.3 Å². The van der Waals surface area contributed by atoms with E-state index < -0.39 is 17.8 Å². The van der Waals surface area contributed by atoms with Crippen molar-refractivity contribution in [3.05, 3.63) is 98.6 Å². The van der Waals surface area contributed by atoms with Gasteiger partial charge in [0.1, 0.15) is 10.7 Å². The summed E-state index contributed by atoms with van der Waals surface area (Å²) in [5, 5.41) is 5.51. The van der Waals surface area contributed by atoms with Gasteiger partial charge in [-0.1, -0.05) is 54.2 Å². The molecule has 0 atom stereocenters. The molecule has 3 aromatic carbocycles. The number of ether oxygens (including phenoxy) is 1. The molecule has 200 valence electrons. The Bertz CT molecular complexity index is 1470. The van der Waals surface area contributed by atoms with Crippen molar-refractivity contribution in [3.8, 4) is 0 Å². The van der Waals surface area contributed by atoms with Gasteiger partial charge < -0.3 is 15.4 Å². The number of imide groups is 1. The summed E-state index contributed by atoms with van der Waals surface area (Å²) in [6, 6.07) is 17.2. The van der Waals surface area contributed by atoms with Crippen LogP contribution in [0.25, 0.3) is 0 Å². The van der Waals surface area contributed by atoms with Gasteiger partial charge in [0, 0.05) is 16.9 Å². The van der Waals surface area contributed by atoms with Crippen LogP contribution in [0.3, 0.4) is 0 Å². The lowest BCUT2D eigenvalue weighted by Gasteiger charge is -2.17. The number of unbranched alkanes of at least 4 members (excludes halogenated alkanes) is 1. The number of hydrogen-bond donors (Lipinski definition) is 2. The van der Waals surface area contributed by atoms with Crippen LogP contribution in [0.1, 0.15) is 40.5 Å². The Morgan fingerprint density at radius 2 is 1.49 bits per heavy atom. The number of carbonyl (C=O) groups is 4. The molecule has 11 heteroatoms. The summed E-state index contributed by atoms with van der Waals surface area (Å²) in [4.78, 5) is 51.3. The van der Waals surface area contributed by atoms with E-state index in [1.54, 1.807) is 54.6 Å². The van der Waals surface area contributed by atoms with E-state index in [1.807, 2.05) is 6.92 Å². The quantitative estimate of drug-likeness (QED) is 0.165. The van der Waals surface area contributed by atoms with Gasteiger partial charge in [-0.05, 0) is 67.1 Å². The highest BCUT2D eigenvalue weighted by molar-refractivity contribution is 6.54. The zero-order valence-corrected chi connectivity index (χ0v) is 22.9. The van der Waals surface area contributed by atoms with Crippen LogP contribution in [0.5, 0.6) is 0 Å². The molecular formula is C28H22Cl3N3O5. The first-order valence-electron chi connectivity index (χ1n) is 11.9. The maximum Gasteiger partial charge on any atom is 0.338 e. The molecule has 0 aromatic heterocycles.